The number of para-hydroxylation sites is 1. The summed E-state index contributed by atoms with van der Waals surface area (Å²) in [6, 6.07) is 10.2. The first-order chi connectivity index (χ1) is 11.7. The van der Waals surface area contributed by atoms with Gasteiger partial charge in [-0.1, -0.05) is 18.2 Å². The molecule has 0 aliphatic rings. The van der Waals surface area contributed by atoms with Crippen molar-refractivity contribution in [3.05, 3.63) is 53.3 Å². The van der Waals surface area contributed by atoms with Crippen LogP contribution in [-0.2, 0) is 11.2 Å². The molecule has 2 N–H and O–H groups in total. The normalized spacial score (nSPS) is 11.2. The molecule has 1 amide bonds. The van der Waals surface area contributed by atoms with Crippen molar-refractivity contribution >= 4 is 44.2 Å². The fourth-order valence-electron chi connectivity index (χ4n) is 2.76. The number of thiazole rings is 1. The minimum absolute atomic E-state index is 0.0369. The van der Waals surface area contributed by atoms with Crippen LogP contribution in [0, 0.1) is 6.92 Å². The van der Waals surface area contributed by atoms with E-state index in [9.17, 15) is 4.79 Å². The molecule has 0 atom stereocenters. The fourth-order valence-corrected chi connectivity index (χ4v) is 3.47. The third kappa shape index (κ3) is 2.88. The minimum atomic E-state index is -0.0369. The minimum Gasteiger partial charge on any atom is -0.353 e. The zero-order valence-electron chi connectivity index (χ0n) is 13.2. The number of aromatic nitrogens is 3. The van der Waals surface area contributed by atoms with E-state index >= 15 is 0 Å². The molecule has 120 valence electrons. The molecule has 0 saturated heterocycles. The number of aromatic amines is 1. The van der Waals surface area contributed by atoms with E-state index < -0.39 is 0 Å². The number of hydrogen-bond donors (Lipinski definition) is 2. The van der Waals surface area contributed by atoms with Crippen molar-refractivity contribution in [2.45, 2.75) is 19.8 Å². The molecule has 4 aromatic rings. The van der Waals surface area contributed by atoms with Crippen molar-refractivity contribution in [2.75, 3.05) is 5.32 Å². The van der Waals surface area contributed by atoms with Gasteiger partial charge in [-0.15, -0.1) is 11.3 Å². The molecule has 0 saturated carbocycles. The number of carbonyl (C=O) groups is 1. The second-order valence-corrected chi connectivity index (χ2v) is 6.59. The van der Waals surface area contributed by atoms with Gasteiger partial charge in [0.25, 0.3) is 0 Å². The Morgan fingerprint density at radius 2 is 2.12 bits per heavy atom. The largest absolute Gasteiger partial charge is 0.353 e. The van der Waals surface area contributed by atoms with E-state index in [2.05, 4.69) is 38.5 Å². The summed E-state index contributed by atoms with van der Waals surface area (Å²) in [4.78, 5) is 24.1. The molecule has 0 bridgehead atoms. The number of pyridine rings is 1. The molecule has 4 rings (SSSR count). The van der Waals surface area contributed by atoms with Crippen LogP contribution in [0.25, 0.3) is 21.8 Å². The summed E-state index contributed by atoms with van der Waals surface area (Å²) in [6.45, 7) is 1.91. The molecule has 1 aromatic carbocycles. The average molecular weight is 336 g/mol. The maximum absolute atomic E-state index is 12.0. The number of rotatable bonds is 4. The van der Waals surface area contributed by atoms with E-state index in [1.807, 2.05) is 30.6 Å². The fraction of sp³-hybridized carbons (Fsp3) is 0.167. The number of H-pyrrole nitrogens is 1. The van der Waals surface area contributed by atoms with Crippen LogP contribution in [-0.4, -0.2) is 20.9 Å². The molecular weight excluding hydrogens is 320 g/mol. The monoisotopic (exact) mass is 336 g/mol. The maximum atomic E-state index is 12.0. The maximum Gasteiger partial charge on any atom is 0.226 e. The van der Waals surface area contributed by atoms with E-state index in [1.165, 1.54) is 16.7 Å². The SMILES string of the molecule is Cc1csc(NC(=O)CCc2cc3c(cn2)[nH]c2ccccc23)n1. The summed E-state index contributed by atoms with van der Waals surface area (Å²) >= 11 is 1.44. The molecule has 0 radical (unpaired) electrons. The highest BCUT2D eigenvalue weighted by molar-refractivity contribution is 7.13. The van der Waals surface area contributed by atoms with Gasteiger partial charge in [-0.25, -0.2) is 4.98 Å². The lowest BCUT2D eigenvalue weighted by Gasteiger charge is -2.02. The van der Waals surface area contributed by atoms with Crippen molar-refractivity contribution < 1.29 is 4.79 Å². The second-order valence-electron chi connectivity index (χ2n) is 5.73. The first kappa shape index (κ1) is 14.8. The summed E-state index contributed by atoms with van der Waals surface area (Å²) in [5.41, 5.74) is 3.95. The molecule has 3 aromatic heterocycles. The number of aryl methyl sites for hydroxylation is 2. The van der Waals surface area contributed by atoms with Gasteiger partial charge in [-0.3, -0.25) is 9.78 Å². The van der Waals surface area contributed by atoms with Crippen molar-refractivity contribution in [1.29, 1.82) is 0 Å². The molecule has 5 nitrogen and oxygen atoms in total. The highest BCUT2D eigenvalue weighted by Crippen LogP contribution is 2.25. The summed E-state index contributed by atoms with van der Waals surface area (Å²) < 4.78 is 0. The van der Waals surface area contributed by atoms with Gasteiger partial charge in [0.15, 0.2) is 5.13 Å². The third-order valence-electron chi connectivity index (χ3n) is 3.92. The Bertz CT molecular complexity index is 1030. The molecule has 24 heavy (non-hydrogen) atoms. The number of fused-ring (bicyclic) bond motifs is 3. The molecule has 0 aliphatic heterocycles. The van der Waals surface area contributed by atoms with Gasteiger partial charge in [-0.2, -0.15) is 0 Å². The molecule has 0 spiro atoms. The summed E-state index contributed by atoms with van der Waals surface area (Å²) in [5.74, 6) is -0.0369. The van der Waals surface area contributed by atoms with E-state index in [-0.39, 0.29) is 5.91 Å². The Hall–Kier alpha value is -2.73. The van der Waals surface area contributed by atoms with Crippen LogP contribution in [0.1, 0.15) is 17.8 Å². The Morgan fingerprint density at radius 3 is 2.96 bits per heavy atom. The predicted octanol–water partition coefficient (Wildman–Crippen LogP) is 4.05. The van der Waals surface area contributed by atoms with Crippen LogP contribution in [0.4, 0.5) is 5.13 Å². The van der Waals surface area contributed by atoms with Gasteiger partial charge in [0.05, 0.1) is 17.4 Å². The quantitative estimate of drug-likeness (QED) is 0.590. The zero-order chi connectivity index (χ0) is 16.5. The Morgan fingerprint density at radius 1 is 1.25 bits per heavy atom. The first-order valence-electron chi connectivity index (χ1n) is 7.76. The Balaban J connectivity index is 1.50. The second kappa shape index (κ2) is 6.05. The highest BCUT2D eigenvalue weighted by atomic mass is 32.1. The lowest BCUT2D eigenvalue weighted by atomic mass is 10.1. The number of amides is 1. The van der Waals surface area contributed by atoms with E-state index in [0.717, 1.165) is 27.8 Å². The number of carbonyl (C=O) groups excluding carboxylic acids is 1. The number of hydrogen-bond acceptors (Lipinski definition) is 4. The van der Waals surface area contributed by atoms with Gasteiger partial charge in [-0.05, 0) is 25.5 Å². The van der Waals surface area contributed by atoms with Crippen LogP contribution in [0.3, 0.4) is 0 Å². The van der Waals surface area contributed by atoms with Gasteiger partial charge in [0, 0.05) is 33.8 Å². The molecule has 0 unspecified atom stereocenters. The number of nitrogens with zero attached hydrogens (tertiary/aromatic N) is 2. The lowest BCUT2D eigenvalue weighted by molar-refractivity contribution is -0.116. The molecule has 0 aliphatic carbocycles. The Kier molecular flexibility index (Phi) is 3.74. The van der Waals surface area contributed by atoms with Crippen molar-refractivity contribution in [3.63, 3.8) is 0 Å². The van der Waals surface area contributed by atoms with E-state index in [0.29, 0.717) is 18.0 Å². The molecule has 6 heteroatoms. The number of nitrogens with one attached hydrogen (secondary N) is 2. The summed E-state index contributed by atoms with van der Waals surface area (Å²) in [7, 11) is 0. The molecular formula is C18H16N4OS. The van der Waals surface area contributed by atoms with Crippen molar-refractivity contribution in [3.8, 4) is 0 Å². The van der Waals surface area contributed by atoms with Gasteiger partial charge in [0.2, 0.25) is 5.91 Å². The van der Waals surface area contributed by atoms with E-state index in [4.69, 9.17) is 0 Å². The summed E-state index contributed by atoms with van der Waals surface area (Å²) in [5, 5.41) is 7.72. The van der Waals surface area contributed by atoms with E-state index in [1.54, 1.807) is 0 Å². The smallest absolute Gasteiger partial charge is 0.226 e. The predicted molar refractivity (Wildman–Crippen MR) is 97.4 cm³/mol. The van der Waals surface area contributed by atoms with Crippen LogP contribution in [0.5, 0.6) is 0 Å². The third-order valence-corrected chi connectivity index (χ3v) is 4.80. The zero-order valence-corrected chi connectivity index (χ0v) is 14.0. The van der Waals surface area contributed by atoms with Crippen LogP contribution < -0.4 is 5.32 Å². The van der Waals surface area contributed by atoms with Crippen molar-refractivity contribution in [1.82, 2.24) is 15.0 Å². The number of benzene rings is 1. The van der Waals surface area contributed by atoms with Gasteiger partial charge >= 0.3 is 0 Å². The highest BCUT2D eigenvalue weighted by Gasteiger charge is 2.09. The van der Waals surface area contributed by atoms with Gasteiger partial charge < -0.3 is 10.3 Å². The number of anilines is 1. The summed E-state index contributed by atoms with van der Waals surface area (Å²) in [6.07, 6.45) is 2.83. The first-order valence-corrected chi connectivity index (χ1v) is 8.64. The average Bonchev–Trinajstić information content (AvgIpc) is 3.16. The lowest BCUT2D eigenvalue weighted by Crippen LogP contribution is -2.12. The van der Waals surface area contributed by atoms with Crippen LogP contribution in [0.15, 0.2) is 41.9 Å². The van der Waals surface area contributed by atoms with Gasteiger partial charge in [0.1, 0.15) is 0 Å². The standard InChI is InChI=1S/C18H16N4OS/c1-11-10-24-18(20-11)22-17(23)7-6-12-8-14-13-4-2-3-5-15(13)21-16(14)9-19-12/h2-5,8-10,21H,6-7H2,1H3,(H,20,22,23). The molecule has 0 fully saturated rings. The topological polar surface area (TPSA) is 70.7 Å². The Labute approximate surface area is 142 Å². The van der Waals surface area contributed by atoms with Crippen LogP contribution in [0.2, 0.25) is 0 Å². The van der Waals surface area contributed by atoms with Crippen molar-refractivity contribution in [2.24, 2.45) is 0 Å². The van der Waals surface area contributed by atoms with Crippen LogP contribution >= 0.6 is 11.3 Å². The molecule has 3 heterocycles.